The van der Waals surface area contributed by atoms with E-state index in [1.807, 2.05) is 0 Å². The summed E-state index contributed by atoms with van der Waals surface area (Å²) in [7, 11) is 0. The molecule has 1 aromatic carbocycles. The molecule has 0 bridgehead atoms. The van der Waals surface area contributed by atoms with Crippen LogP contribution in [0.5, 0.6) is 0 Å². The van der Waals surface area contributed by atoms with Gasteiger partial charge in [-0.15, -0.1) is 0 Å². The molecule has 1 aromatic rings. The van der Waals surface area contributed by atoms with Crippen LogP contribution in [0.1, 0.15) is 143 Å². The molecule has 3 saturated carbocycles. The zero-order chi connectivity index (χ0) is 18.6. The zero-order valence-electron chi connectivity index (χ0n) is 18.8. The molecule has 4 rings (SSSR count). The van der Waals surface area contributed by atoms with E-state index >= 15 is 0 Å². The predicted octanol–water partition coefficient (Wildman–Crippen LogP) is 4.64. The maximum absolute atomic E-state index is 12.4. The molecule has 0 amide bonds. The molecule has 0 saturated heterocycles. The molecule has 0 spiro atoms. The van der Waals surface area contributed by atoms with Crippen LogP contribution in [0.15, 0.2) is 12.1 Å². The Morgan fingerprint density at radius 3 is 1.39 bits per heavy atom. The van der Waals surface area contributed by atoms with Gasteiger partial charge in [0.25, 0.3) is 0 Å². The molecule has 0 aliphatic heterocycles. The number of carboxylic acid groups (broad SMARTS) is 1. The van der Waals surface area contributed by atoms with E-state index < -0.39 is 5.97 Å². The van der Waals surface area contributed by atoms with E-state index in [1.54, 1.807) is 0 Å². The van der Waals surface area contributed by atoms with Crippen LogP contribution in [0, 0.1) is 0 Å². The molecule has 150 valence electrons. The van der Waals surface area contributed by atoms with Gasteiger partial charge in [0.15, 0.2) is 0 Å². The predicted molar refractivity (Wildman–Crippen MR) is 112 cm³/mol. The van der Waals surface area contributed by atoms with Gasteiger partial charge in [0.2, 0.25) is 0 Å². The quantitative estimate of drug-likeness (QED) is 0.758. The van der Waals surface area contributed by atoms with Crippen molar-refractivity contribution in [3.63, 3.8) is 0 Å². The maximum atomic E-state index is 12.4. The van der Waals surface area contributed by atoms with E-state index in [9.17, 15) is 9.90 Å². The van der Waals surface area contributed by atoms with Crippen molar-refractivity contribution in [3.05, 3.63) is 34.4 Å². The first-order valence-corrected chi connectivity index (χ1v) is 11.6. The van der Waals surface area contributed by atoms with Gasteiger partial charge in [-0.1, -0.05) is 69.9 Å². The summed E-state index contributed by atoms with van der Waals surface area (Å²) in [4.78, 5) is 12.4. The van der Waals surface area contributed by atoms with Crippen molar-refractivity contribution in [2.75, 3.05) is 0 Å². The van der Waals surface area contributed by atoms with Crippen LogP contribution in [-0.2, 0) is 0 Å². The SMILES string of the molecule is O=C(O)c1c(C2CCCCC2)cc(C2CCCCC2)cc1C1CCCCC1.[H-].[Na+]. The molecule has 0 heterocycles. The van der Waals surface area contributed by atoms with Gasteiger partial charge in [-0.25, -0.2) is 4.79 Å². The van der Waals surface area contributed by atoms with Gasteiger partial charge in [0.1, 0.15) is 0 Å². The fraction of sp³-hybridized carbons (Fsp3) is 0.720. The molecule has 0 unspecified atom stereocenters. The average Bonchev–Trinajstić information content (AvgIpc) is 2.74. The van der Waals surface area contributed by atoms with E-state index in [4.69, 9.17) is 0 Å². The van der Waals surface area contributed by atoms with Crippen LogP contribution < -0.4 is 29.6 Å². The molecule has 3 fully saturated rings. The summed E-state index contributed by atoms with van der Waals surface area (Å²) < 4.78 is 0. The smallest absolute Gasteiger partial charge is 1.00 e. The van der Waals surface area contributed by atoms with Crippen LogP contribution >= 0.6 is 0 Å². The molecule has 3 aliphatic carbocycles. The van der Waals surface area contributed by atoms with Gasteiger partial charge >= 0.3 is 35.5 Å². The van der Waals surface area contributed by atoms with Crippen LogP contribution in [0.25, 0.3) is 0 Å². The first-order chi connectivity index (χ1) is 13.2. The van der Waals surface area contributed by atoms with Crippen molar-refractivity contribution < 1.29 is 40.9 Å². The van der Waals surface area contributed by atoms with Crippen molar-refractivity contribution in [1.82, 2.24) is 0 Å². The fourth-order valence-electron chi connectivity index (χ4n) is 6.10. The Bertz CT molecular complexity index is 618. The monoisotopic (exact) mass is 392 g/mol. The van der Waals surface area contributed by atoms with Gasteiger partial charge in [0, 0.05) is 0 Å². The maximum Gasteiger partial charge on any atom is 1.00 e. The fourth-order valence-corrected chi connectivity index (χ4v) is 6.10. The third-order valence-corrected chi connectivity index (χ3v) is 7.60. The van der Waals surface area contributed by atoms with E-state index in [1.165, 1.54) is 113 Å². The summed E-state index contributed by atoms with van der Waals surface area (Å²) in [6.45, 7) is 0. The Balaban J connectivity index is 0.00000150. The molecule has 0 atom stereocenters. The van der Waals surface area contributed by atoms with Gasteiger partial charge in [0.05, 0.1) is 5.56 Å². The Morgan fingerprint density at radius 2 is 1.04 bits per heavy atom. The van der Waals surface area contributed by atoms with Crippen molar-refractivity contribution >= 4 is 5.97 Å². The second-order valence-corrected chi connectivity index (χ2v) is 9.38. The van der Waals surface area contributed by atoms with Crippen LogP contribution in [0.4, 0.5) is 0 Å². The van der Waals surface area contributed by atoms with Crippen molar-refractivity contribution in [2.45, 2.75) is 114 Å². The first-order valence-electron chi connectivity index (χ1n) is 11.6. The summed E-state index contributed by atoms with van der Waals surface area (Å²) in [5.74, 6) is 0.920. The first kappa shape index (κ1) is 22.4. The largest absolute Gasteiger partial charge is 1.00 e. The normalized spacial score (nSPS) is 22.6. The number of hydrogen-bond acceptors (Lipinski definition) is 1. The summed E-state index contributed by atoms with van der Waals surface area (Å²) in [5.41, 5.74) is 4.57. The van der Waals surface area contributed by atoms with Crippen molar-refractivity contribution in [1.29, 1.82) is 0 Å². The number of hydrogen-bond donors (Lipinski definition) is 1. The van der Waals surface area contributed by atoms with Crippen molar-refractivity contribution in [3.8, 4) is 0 Å². The number of benzene rings is 1. The third kappa shape index (κ3) is 5.05. The Kier molecular flexibility index (Phi) is 8.50. The summed E-state index contributed by atoms with van der Waals surface area (Å²) in [6, 6.07) is 4.70. The number of rotatable bonds is 4. The standard InChI is InChI=1S/C25H36O2.Na.H/c26-25(27)24-22(19-12-6-2-7-13-19)16-21(18-10-4-1-5-11-18)17-23(24)20-14-8-3-9-15-20;;/h16-20H,1-15H2,(H,26,27);;/q;+1;-1. The Labute approximate surface area is 194 Å². The summed E-state index contributed by atoms with van der Waals surface area (Å²) in [5, 5.41) is 10.2. The molecule has 28 heavy (non-hydrogen) atoms. The number of carboxylic acids is 1. The molecule has 0 aromatic heterocycles. The second-order valence-electron chi connectivity index (χ2n) is 9.38. The summed E-state index contributed by atoms with van der Waals surface area (Å²) >= 11 is 0. The zero-order valence-corrected chi connectivity index (χ0v) is 19.8. The molecule has 2 nitrogen and oxygen atoms in total. The van der Waals surface area contributed by atoms with Crippen molar-refractivity contribution in [2.24, 2.45) is 0 Å². The number of carbonyl (C=O) groups is 1. The molecule has 3 aliphatic rings. The van der Waals surface area contributed by atoms with E-state index in [-0.39, 0.29) is 31.0 Å². The number of aromatic carboxylic acids is 1. The van der Waals surface area contributed by atoms with Crippen LogP contribution in [-0.4, -0.2) is 11.1 Å². The van der Waals surface area contributed by atoms with Gasteiger partial charge < -0.3 is 6.53 Å². The minimum Gasteiger partial charge on any atom is -1.00 e. The third-order valence-electron chi connectivity index (χ3n) is 7.60. The minimum absolute atomic E-state index is 0. The van der Waals surface area contributed by atoms with E-state index in [0.29, 0.717) is 23.3 Å². The molecule has 3 heteroatoms. The van der Waals surface area contributed by atoms with Gasteiger partial charge in [-0.3, -0.25) is 0 Å². The molecular weight excluding hydrogens is 355 g/mol. The average molecular weight is 393 g/mol. The Hall–Kier alpha value is -0.310. The van der Waals surface area contributed by atoms with E-state index in [0.717, 1.165) is 0 Å². The summed E-state index contributed by atoms with van der Waals surface area (Å²) in [6.07, 6.45) is 19.0. The topological polar surface area (TPSA) is 37.3 Å². The Morgan fingerprint density at radius 1 is 0.679 bits per heavy atom. The van der Waals surface area contributed by atoms with Gasteiger partial charge in [-0.05, 0) is 73.0 Å². The second kappa shape index (κ2) is 10.6. The molecule has 1 N–H and O–H groups in total. The molecular formula is C25H37NaO2. The van der Waals surface area contributed by atoms with Gasteiger partial charge in [-0.2, -0.15) is 0 Å². The van der Waals surface area contributed by atoms with E-state index in [2.05, 4.69) is 12.1 Å². The van der Waals surface area contributed by atoms with Crippen LogP contribution in [0.3, 0.4) is 0 Å². The molecule has 0 radical (unpaired) electrons. The van der Waals surface area contributed by atoms with Crippen LogP contribution in [0.2, 0.25) is 0 Å². The minimum atomic E-state index is -0.675.